The number of halogens is 1. The topological polar surface area (TPSA) is 61.4 Å². The predicted octanol–water partition coefficient (Wildman–Crippen LogP) is 3.94. The number of amides is 2. The monoisotopic (exact) mass is 332 g/mol. The fourth-order valence-electron chi connectivity index (χ4n) is 2.39. The Kier molecular flexibility index (Phi) is 6.44. The Bertz CT molecular complexity index is 647. The van der Waals surface area contributed by atoms with E-state index in [9.17, 15) is 9.90 Å². The molecule has 0 aliphatic rings. The van der Waals surface area contributed by atoms with Gasteiger partial charge in [-0.25, -0.2) is 4.79 Å². The Morgan fingerprint density at radius 1 is 1.17 bits per heavy atom. The Hall–Kier alpha value is -2.04. The van der Waals surface area contributed by atoms with Gasteiger partial charge in [-0.1, -0.05) is 48.0 Å². The standard InChI is InChI=1S/C18H21ClN2O2/c1-13-16(19)8-5-9-17(13)21-18(23)20-12-15(10-11-22)14-6-3-2-4-7-14/h2-9,15,22H,10-12H2,1H3,(H2,20,21,23). The highest BCUT2D eigenvalue weighted by atomic mass is 35.5. The molecule has 4 nitrogen and oxygen atoms in total. The number of hydrogen-bond acceptors (Lipinski definition) is 2. The van der Waals surface area contributed by atoms with Crippen LogP contribution < -0.4 is 10.6 Å². The van der Waals surface area contributed by atoms with Crippen LogP contribution in [0.2, 0.25) is 5.02 Å². The second-order valence-electron chi connectivity index (χ2n) is 5.37. The van der Waals surface area contributed by atoms with Gasteiger partial charge in [0.1, 0.15) is 0 Å². The molecule has 1 unspecified atom stereocenters. The lowest BCUT2D eigenvalue weighted by Gasteiger charge is -2.18. The number of rotatable bonds is 6. The fraction of sp³-hybridized carbons (Fsp3) is 0.278. The summed E-state index contributed by atoms with van der Waals surface area (Å²) in [5.41, 5.74) is 2.62. The summed E-state index contributed by atoms with van der Waals surface area (Å²) in [5, 5.41) is 15.5. The van der Waals surface area contributed by atoms with Crippen LogP contribution in [0.25, 0.3) is 0 Å². The third kappa shape index (κ3) is 4.98. The van der Waals surface area contributed by atoms with Crippen LogP contribution >= 0.6 is 11.6 Å². The van der Waals surface area contributed by atoms with Crippen LogP contribution in [0, 0.1) is 6.92 Å². The van der Waals surface area contributed by atoms with Crippen molar-refractivity contribution in [2.45, 2.75) is 19.3 Å². The van der Waals surface area contributed by atoms with Crippen LogP contribution in [0.5, 0.6) is 0 Å². The van der Waals surface area contributed by atoms with Crippen molar-refractivity contribution in [1.29, 1.82) is 0 Å². The fourth-order valence-corrected chi connectivity index (χ4v) is 2.57. The Morgan fingerprint density at radius 2 is 1.91 bits per heavy atom. The van der Waals surface area contributed by atoms with E-state index in [2.05, 4.69) is 10.6 Å². The van der Waals surface area contributed by atoms with Crippen LogP contribution in [0.3, 0.4) is 0 Å². The molecule has 2 rings (SSSR count). The zero-order valence-corrected chi connectivity index (χ0v) is 13.8. The lowest BCUT2D eigenvalue weighted by atomic mass is 9.96. The molecule has 3 N–H and O–H groups in total. The van der Waals surface area contributed by atoms with E-state index in [1.54, 1.807) is 12.1 Å². The SMILES string of the molecule is Cc1c(Cl)cccc1NC(=O)NCC(CCO)c1ccccc1. The maximum Gasteiger partial charge on any atom is 0.319 e. The molecule has 0 saturated heterocycles. The average Bonchev–Trinajstić information content (AvgIpc) is 2.56. The molecule has 2 aromatic carbocycles. The number of hydrogen-bond donors (Lipinski definition) is 3. The molecule has 0 spiro atoms. The van der Waals surface area contributed by atoms with Crippen molar-refractivity contribution in [2.24, 2.45) is 0 Å². The van der Waals surface area contributed by atoms with E-state index in [0.29, 0.717) is 23.7 Å². The summed E-state index contributed by atoms with van der Waals surface area (Å²) in [6, 6.07) is 15.0. The summed E-state index contributed by atoms with van der Waals surface area (Å²) in [6.45, 7) is 2.39. The summed E-state index contributed by atoms with van der Waals surface area (Å²) in [7, 11) is 0. The number of anilines is 1. The van der Waals surface area contributed by atoms with Crippen molar-refractivity contribution in [3.63, 3.8) is 0 Å². The van der Waals surface area contributed by atoms with Gasteiger partial charge in [-0.05, 0) is 36.6 Å². The number of nitrogens with one attached hydrogen (secondary N) is 2. The second-order valence-corrected chi connectivity index (χ2v) is 5.77. The molecular weight excluding hydrogens is 312 g/mol. The first kappa shape index (κ1) is 17.3. The normalized spacial score (nSPS) is 11.8. The highest BCUT2D eigenvalue weighted by molar-refractivity contribution is 6.31. The molecule has 0 saturated carbocycles. The molecule has 1 atom stereocenters. The maximum absolute atomic E-state index is 12.1. The molecule has 0 bridgehead atoms. The van der Waals surface area contributed by atoms with E-state index < -0.39 is 0 Å². The van der Waals surface area contributed by atoms with Gasteiger partial charge in [-0.3, -0.25) is 0 Å². The van der Waals surface area contributed by atoms with Crippen molar-refractivity contribution in [1.82, 2.24) is 5.32 Å². The lowest BCUT2D eigenvalue weighted by molar-refractivity contribution is 0.248. The van der Waals surface area contributed by atoms with Crippen molar-refractivity contribution >= 4 is 23.3 Å². The maximum atomic E-state index is 12.1. The zero-order valence-electron chi connectivity index (χ0n) is 13.1. The first-order valence-corrected chi connectivity index (χ1v) is 7.95. The summed E-state index contributed by atoms with van der Waals surface area (Å²) < 4.78 is 0. The average molecular weight is 333 g/mol. The van der Waals surface area contributed by atoms with E-state index in [1.807, 2.05) is 43.3 Å². The first-order chi connectivity index (χ1) is 11.1. The Balaban J connectivity index is 1.95. The molecule has 2 amide bonds. The molecule has 23 heavy (non-hydrogen) atoms. The van der Waals surface area contributed by atoms with E-state index >= 15 is 0 Å². The van der Waals surface area contributed by atoms with Crippen molar-refractivity contribution < 1.29 is 9.90 Å². The number of aliphatic hydroxyl groups is 1. The second kappa shape index (κ2) is 8.56. The van der Waals surface area contributed by atoms with Gasteiger partial charge in [-0.2, -0.15) is 0 Å². The Labute approximate surface area is 141 Å². The molecule has 0 aliphatic carbocycles. The summed E-state index contributed by atoms with van der Waals surface area (Å²) in [4.78, 5) is 12.1. The quantitative estimate of drug-likeness (QED) is 0.750. The van der Waals surface area contributed by atoms with Gasteiger partial charge in [0, 0.05) is 29.8 Å². The number of urea groups is 1. The zero-order chi connectivity index (χ0) is 16.7. The van der Waals surface area contributed by atoms with Crippen LogP contribution in [0.4, 0.5) is 10.5 Å². The highest BCUT2D eigenvalue weighted by Gasteiger charge is 2.13. The van der Waals surface area contributed by atoms with E-state index in [0.717, 1.165) is 11.1 Å². The third-order valence-electron chi connectivity index (χ3n) is 3.77. The molecule has 0 fully saturated rings. The van der Waals surface area contributed by atoms with Crippen molar-refractivity contribution in [2.75, 3.05) is 18.5 Å². The summed E-state index contributed by atoms with van der Waals surface area (Å²) in [6.07, 6.45) is 0.598. The summed E-state index contributed by atoms with van der Waals surface area (Å²) in [5.74, 6) is 0.0763. The minimum absolute atomic E-state index is 0.0763. The van der Waals surface area contributed by atoms with Gasteiger partial charge in [0.2, 0.25) is 0 Å². The van der Waals surface area contributed by atoms with Crippen LogP contribution in [-0.2, 0) is 0 Å². The van der Waals surface area contributed by atoms with Gasteiger partial charge in [-0.15, -0.1) is 0 Å². The number of aliphatic hydroxyl groups excluding tert-OH is 1. The number of carbonyl (C=O) groups excluding carboxylic acids is 1. The molecular formula is C18H21ClN2O2. The highest BCUT2D eigenvalue weighted by Crippen LogP contribution is 2.23. The van der Waals surface area contributed by atoms with Gasteiger partial charge in [0.25, 0.3) is 0 Å². The molecule has 0 aliphatic heterocycles. The van der Waals surface area contributed by atoms with Crippen LogP contribution in [0.1, 0.15) is 23.5 Å². The molecule has 0 radical (unpaired) electrons. The molecule has 122 valence electrons. The first-order valence-electron chi connectivity index (χ1n) is 7.57. The van der Waals surface area contributed by atoms with Crippen LogP contribution in [0.15, 0.2) is 48.5 Å². The predicted molar refractivity (Wildman–Crippen MR) is 94.1 cm³/mol. The minimum Gasteiger partial charge on any atom is -0.396 e. The van der Waals surface area contributed by atoms with Gasteiger partial charge >= 0.3 is 6.03 Å². The minimum atomic E-state index is -0.283. The lowest BCUT2D eigenvalue weighted by Crippen LogP contribution is -2.33. The summed E-state index contributed by atoms with van der Waals surface area (Å²) >= 11 is 6.05. The van der Waals surface area contributed by atoms with Crippen molar-refractivity contribution in [3.05, 3.63) is 64.7 Å². The van der Waals surface area contributed by atoms with Crippen LogP contribution in [-0.4, -0.2) is 24.3 Å². The Morgan fingerprint density at radius 3 is 2.61 bits per heavy atom. The van der Waals surface area contributed by atoms with Crippen molar-refractivity contribution in [3.8, 4) is 0 Å². The largest absolute Gasteiger partial charge is 0.396 e. The third-order valence-corrected chi connectivity index (χ3v) is 4.18. The van der Waals surface area contributed by atoms with Gasteiger partial charge in [0.15, 0.2) is 0 Å². The number of benzene rings is 2. The molecule has 0 aromatic heterocycles. The number of carbonyl (C=O) groups is 1. The molecule has 0 heterocycles. The molecule has 5 heteroatoms. The van der Waals surface area contributed by atoms with E-state index in [-0.39, 0.29) is 18.6 Å². The van der Waals surface area contributed by atoms with Gasteiger partial charge in [0.05, 0.1) is 0 Å². The smallest absolute Gasteiger partial charge is 0.319 e. The van der Waals surface area contributed by atoms with Gasteiger partial charge < -0.3 is 15.7 Å². The molecule has 2 aromatic rings. The van der Waals surface area contributed by atoms with E-state index in [4.69, 9.17) is 11.6 Å². The van der Waals surface area contributed by atoms with E-state index in [1.165, 1.54) is 0 Å².